The fraction of sp³-hybridized carbons (Fsp3) is 0.889. The summed E-state index contributed by atoms with van der Waals surface area (Å²) in [5.41, 5.74) is 0. The molecule has 2 saturated heterocycles. The molecule has 0 aromatic rings. The molecule has 1 amide bonds. The van der Waals surface area contributed by atoms with E-state index in [0.29, 0.717) is 18.8 Å². The van der Waals surface area contributed by atoms with Gasteiger partial charge < -0.3 is 10.6 Å². The second-order valence-corrected chi connectivity index (χ2v) is 6.62. The Morgan fingerprint density at radius 3 is 2.60 bits per heavy atom. The average Bonchev–Trinajstić information content (AvgIpc) is 2.38. The molecule has 2 N–H and O–H groups in total. The minimum absolute atomic E-state index is 0.0106. The Kier molecular flexibility index (Phi) is 2.97. The molecule has 0 saturated carbocycles. The van der Waals surface area contributed by atoms with Gasteiger partial charge in [-0.15, -0.1) is 0 Å². The Bertz CT molecular complexity index is 348. The number of carbonyl (C=O) groups is 1. The molecule has 2 aliphatic rings. The molecule has 1 atom stereocenters. The third kappa shape index (κ3) is 2.92. The van der Waals surface area contributed by atoms with Crippen LogP contribution in [0.15, 0.2) is 0 Å². The molecule has 2 heterocycles. The first-order chi connectivity index (χ1) is 7.05. The topological polar surface area (TPSA) is 75.3 Å². The fourth-order valence-electron chi connectivity index (χ4n) is 1.95. The number of carbonyl (C=O) groups excluding carboxylic acids is 1. The van der Waals surface area contributed by atoms with E-state index >= 15 is 0 Å². The lowest BCUT2D eigenvalue weighted by Gasteiger charge is -2.26. The van der Waals surface area contributed by atoms with Crippen LogP contribution in [0.4, 0.5) is 0 Å². The molecular formula is C9H16N2O3S. The number of amides is 1. The van der Waals surface area contributed by atoms with E-state index in [1.165, 1.54) is 0 Å². The van der Waals surface area contributed by atoms with Crippen LogP contribution in [-0.4, -0.2) is 45.0 Å². The van der Waals surface area contributed by atoms with Crippen molar-refractivity contribution in [3.05, 3.63) is 0 Å². The van der Waals surface area contributed by atoms with Crippen LogP contribution in [0.25, 0.3) is 0 Å². The van der Waals surface area contributed by atoms with Crippen LogP contribution < -0.4 is 10.6 Å². The molecule has 0 aromatic heterocycles. The molecule has 1 unspecified atom stereocenters. The molecule has 15 heavy (non-hydrogen) atoms. The highest BCUT2D eigenvalue weighted by molar-refractivity contribution is 7.91. The minimum atomic E-state index is -2.89. The summed E-state index contributed by atoms with van der Waals surface area (Å²) in [6, 6.07) is -0.157. The Morgan fingerprint density at radius 1 is 1.40 bits per heavy atom. The minimum Gasteiger partial charge on any atom is -0.352 e. The van der Waals surface area contributed by atoms with Crippen LogP contribution in [0.1, 0.15) is 12.8 Å². The summed E-state index contributed by atoms with van der Waals surface area (Å²) in [6.07, 6.45) is 1.08. The van der Waals surface area contributed by atoms with Crippen LogP contribution >= 0.6 is 0 Å². The fourth-order valence-corrected chi connectivity index (χ4v) is 3.62. The van der Waals surface area contributed by atoms with Gasteiger partial charge in [-0.25, -0.2) is 8.42 Å². The van der Waals surface area contributed by atoms with Crippen molar-refractivity contribution in [2.24, 2.45) is 5.92 Å². The van der Waals surface area contributed by atoms with Gasteiger partial charge in [-0.3, -0.25) is 4.79 Å². The SMILES string of the molecule is O=C(CC1CNC1)NC1CCS(=O)(=O)C1. The van der Waals surface area contributed by atoms with Gasteiger partial charge in [-0.1, -0.05) is 0 Å². The molecule has 2 rings (SSSR count). The molecule has 0 aromatic carbocycles. The van der Waals surface area contributed by atoms with Gasteiger partial charge in [0, 0.05) is 12.5 Å². The summed E-state index contributed by atoms with van der Waals surface area (Å²) in [6.45, 7) is 1.80. The van der Waals surface area contributed by atoms with Gasteiger partial charge in [-0.2, -0.15) is 0 Å². The lowest BCUT2D eigenvalue weighted by molar-refractivity contribution is -0.122. The van der Waals surface area contributed by atoms with Crippen molar-refractivity contribution in [2.45, 2.75) is 18.9 Å². The summed E-state index contributed by atoms with van der Waals surface area (Å²) in [5.74, 6) is 0.747. The number of sulfone groups is 1. The van der Waals surface area contributed by atoms with E-state index in [0.717, 1.165) is 13.1 Å². The Morgan fingerprint density at radius 2 is 2.13 bits per heavy atom. The Labute approximate surface area is 89.5 Å². The van der Waals surface area contributed by atoms with E-state index in [9.17, 15) is 13.2 Å². The molecule has 0 radical (unpaired) electrons. The Balaban J connectivity index is 1.74. The second kappa shape index (κ2) is 4.09. The van der Waals surface area contributed by atoms with Gasteiger partial charge in [0.1, 0.15) is 0 Å². The number of nitrogens with one attached hydrogen (secondary N) is 2. The van der Waals surface area contributed by atoms with Crippen molar-refractivity contribution in [3.63, 3.8) is 0 Å². The summed E-state index contributed by atoms with van der Waals surface area (Å²) >= 11 is 0. The van der Waals surface area contributed by atoms with Crippen molar-refractivity contribution in [1.29, 1.82) is 0 Å². The molecule has 6 heteroatoms. The maximum absolute atomic E-state index is 11.5. The molecule has 0 aliphatic carbocycles. The number of hydrogen-bond acceptors (Lipinski definition) is 4. The first-order valence-corrected chi connectivity index (χ1v) is 7.08. The largest absolute Gasteiger partial charge is 0.352 e. The monoisotopic (exact) mass is 232 g/mol. The maximum Gasteiger partial charge on any atom is 0.220 e. The van der Waals surface area contributed by atoms with Gasteiger partial charge in [0.15, 0.2) is 9.84 Å². The summed E-state index contributed by atoms with van der Waals surface area (Å²) in [5, 5.41) is 5.89. The number of rotatable bonds is 3. The second-order valence-electron chi connectivity index (χ2n) is 4.40. The van der Waals surface area contributed by atoms with Gasteiger partial charge >= 0.3 is 0 Å². The van der Waals surface area contributed by atoms with E-state index in [1.54, 1.807) is 0 Å². The van der Waals surface area contributed by atoms with E-state index in [-0.39, 0.29) is 23.5 Å². The smallest absolute Gasteiger partial charge is 0.220 e. The first-order valence-electron chi connectivity index (χ1n) is 5.26. The van der Waals surface area contributed by atoms with Gasteiger partial charge in [0.2, 0.25) is 5.91 Å². The normalized spacial score (nSPS) is 29.7. The third-order valence-corrected chi connectivity index (χ3v) is 4.71. The van der Waals surface area contributed by atoms with Crippen molar-refractivity contribution in [1.82, 2.24) is 10.6 Å². The predicted octanol–water partition coefficient (Wildman–Crippen LogP) is -1.10. The summed E-state index contributed by atoms with van der Waals surface area (Å²) in [4.78, 5) is 11.5. The van der Waals surface area contributed by atoms with E-state index in [1.807, 2.05) is 0 Å². The molecule has 5 nitrogen and oxygen atoms in total. The Hall–Kier alpha value is -0.620. The van der Waals surface area contributed by atoms with Crippen LogP contribution in [0.2, 0.25) is 0 Å². The van der Waals surface area contributed by atoms with Crippen molar-refractivity contribution in [3.8, 4) is 0 Å². The average molecular weight is 232 g/mol. The highest BCUT2D eigenvalue weighted by atomic mass is 32.2. The highest BCUT2D eigenvalue weighted by Gasteiger charge is 2.29. The molecule has 2 aliphatic heterocycles. The zero-order chi connectivity index (χ0) is 10.9. The summed E-state index contributed by atoms with van der Waals surface area (Å²) < 4.78 is 22.3. The zero-order valence-electron chi connectivity index (χ0n) is 8.53. The van der Waals surface area contributed by atoms with Crippen LogP contribution in [0.5, 0.6) is 0 Å². The van der Waals surface area contributed by atoms with E-state index < -0.39 is 9.84 Å². The lowest BCUT2D eigenvalue weighted by atomic mass is 9.99. The quantitative estimate of drug-likeness (QED) is 0.647. The van der Waals surface area contributed by atoms with Crippen molar-refractivity contribution in [2.75, 3.05) is 24.6 Å². The van der Waals surface area contributed by atoms with Gasteiger partial charge in [0.25, 0.3) is 0 Å². The van der Waals surface area contributed by atoms with Crippen molar-refractivity contribution >= 4 is 15.7 Å². The molecule has 86 valence electrons. The third-order valence-electron chi connectivity index (χ3n) is 2.94. The van der Waals surface area contributed by atoms with E-state index in [4.69, 9.17) is 0 Å². The molecular weight excluding hydrogens is 216 g/mol. The van der Waals surface area contributed by atoms with Crippen LogP contribution in [0, 0.1) is 5.92 Å². The standard InChI is InChI=1S/C9H16N2O3S/c12-9(3-7-4-10-5-7)11-8-1-2-15(13,14)6-8/h7-8,10H,1-6H2,(H,11,12). The van der Waals surface area contributed by atoms with Crippen LogP contribution in [-0.2, 0) is 14.6 Å². The van der Waals surface area contributed by atoms with Gasteiger partial charge in [0.05, 0.1) is 11.5 Å². The molecule has 0 bridgehead atoms. The predicted molar refractivity (Wildman–Crippen MR) is 56.2 cm³/mol. The van der Waals surface area contributed by atoms with E-state index in [2.05, 4.69) is 10.6 Å². The molecule has 0 spiro atoms. The maximum atomic E-state index is 11.5. The summed E-state index contributed by atoms with van der Waals surface area (Å²) in [7, 11) is -2.89. The highest BCUT2D eigenvalue weighted by Crippen LogP contribution is 2.13. The van der Waals surface area contributed by atoms with Crippen molar-refractivity contribution < 1.29 is 13.2 Å². The molecule has 2 fully saturated rings. The van der Waals surface area contributed by atoms with Gasteiger partial charge in [-0.05, 0) is 25.4 Å². The first kappa shape index (κ1) is 10.9. The van der Waals surface area contributed by atoms with Crippen LogP contribution in [0.3, 0.4) is 0 Å². The zero-order valence-corrected chi connectivity index (χ0v) is 9.35. The lowest BCUT2D eigenvalue weighted by Crippen LogP contribution is -2.46. The number of hydrogen-bond donors (Lipinski definition) is 2.